The molecule has 2 aliphatic rings. The van der Waals surface area contributed by atoms with Crippen molar-refractivity contribution >= 4 is 17.7 Å². The lowest BCUT2D eigenvalue weighted by molar-refractivity contribution is -0.133. The smallest absolute Gasteiger partial charge is 0.231 e. The number of likely N-dealkylation sites (tertiary alicyclic amines) is 1. The highest BCUT2D eigenvalue weighted by molar-refractivity contribution is 7.99. The van der Waals surface area contributed by atoms with Crippen molar-refractivity contribution in [2.45, 2.75) is 29.7 Å². The predicted molar refractivity (Wildman–Crippen MR) is 73.7 cm³/mol. The zero-order valence-electron chi connectivity index (χ0n) is 10.3. The molecule has 3 rings (SSSR count). The van der Waals surface area contributed by atoms with Crippen LogP contribution in [0.15, 0.2) is 29.2 Å². The molecule has 4 heteroatoms. The van der Waals surface area contributed by atoms with Crippen molar-refractivity contribution in [1.29, 1.82) is 0 Å². The first-order chi connectivity index (χ1) is 8.75. The summed E-state index contributed by atoms with van der Waals surface area (Å²) in [5, 5.41) is 0. The van der Waals surface area contributed by atoms with Gasteiger partial charge in [0, 0.05) is 29.8 Å². The highest BCUT2D eigenvalue weighted by Gasteiger charge is 2.33. The van der Waals surface area contributed by atoms with E-state index in [4.69, 9.17) is 5.73 Å². The van der Waals surface area contributed by atoms with Gasteiger partial charge in [0.25, 0.3) is 0 Å². The van der Waals surface area contributed by atoms with Gasteiger partial charge in [-0.05, 0) is 24.5 Å². The van der Waals surface area contributed by atoms with Crippen LogP contribution in [0.25, 0.3) is 0 Å². The Labute approximate surface area is 112 Å². The van der Waals surface area contributed by atoms with Crippen molar-refractivity contribution in [2.75, 3.05) is 18.8 Å². The second-order valence-electron chi connectivity index (χ2n) is 5.09. The van der Waals surface area contributed by atoms with Crippen molar-refractivity contribution in [2.24, 2.45) is 5.73 Å². The molecule has 1 saturated heterocycles. The molecule has 96 valence electrons. The average Bonchev–Trinajstić information content (AvgIpc) is 2.82. The van der Waals surface area contributed by atoms with Gasteiger partial charge >= 0.3 is 0 Å². The Hall–Kier alpha value is -1.00. The highest BCUT2D eigenvalue weighted by Crippen LogP contribution is 2.40. The number of rotatable bonds is 1. The van der Waals surface area contributed by atoms with Gasteiger partial charge in [-0.1, -0.05) is 18.2 Å². The van der Waals surface area contributed by atoms with Gasteiger partial charge in [-0.2, -0.15) is 0 Å². The van der Waals surface area contributed by atoms with E-state index in [0.717, 1.165) is 31.7 Å². The molecule has 1 aromatic rings. The molecule has 1 amide bonds. The zero-order valence-corrected chi connectivity index (χ0v) is 11.2. The van der Waals surface area contributed by atoms with Crippen LogP contribution in [0.3, 0.4) is 0 Å². The van der Waals surface area contributed by atoms with E-state index in [1.54, 1.807) is 11.8 Å². The second kappa shape index (κ2) is 4.94. The Morgan fingerprint density at radius 2 is 2.22 bits per heavy atom. The van der Waals surface area contributed by atoms with Gasteiger partial charge in [0.1, 0.15) is 0 Å². The summed E-state index contributed by atoms with van der Waals surface area (Å²) >= 11 is 1.79. The summed E-state index contributed by atoms with van der Waals surface area (Å²) in [6.45, 7) is 1.60. The SMILES string of the molecule is NC1CCCN(C(=O)C2CSc3ccccc32)C1. The van der Waals surface area contributed by atoms with Crippen LogP contribution in [-0.4, -0.2) is 35.7 Å². The number of nitrogens with two attached hydrogens (primary N) is 1. The van der Waals surface area contributed by atoms with Crippen molar-refractivity contribution < 1.29 is 4.79 Å². The van der Waals surface area contributed by atoms with Crippen molar-refractivity contribution in [1.82, 2.24) is 4.90 Å². The van der Waals surface area contributed by atoms with E-state index < -0.39 is 0 Å². The zero-order chi connectivity index (χ0) is 12.5. The molecule has 2 heterocycles. The number of thioether (sulfide) groups is 1. The number of carbonyl (C=O) groups excluding carboxylic acids is 1. The molecule has 0 bridgehead atoms. The summed E-state index contributed by atoms with van der Waals surface area (Å²) in [5.74, 6) is 1.18. The normalized spacial score (nSPS) is 27.1. The van der Waals surface area contributed by atoms with E-state index in [0.29, 0.717) is 0 Å². The maximum atomic E-state index is 12.6. The first-order valence-electron chi connectivity index (χ1n) is 6.52. The highest BCUT2D eigenvalue weighted by atomic mass is 32.2. The third-order valence-electron chi connectivity index (χ3n) is 3.77. The molecule has 0 saturated carbocycles. The summed E-state index contributed by atoms with van der Waals surface area (Å²) in [6.07, 6.45) is 2.08. The van der Waals surface area contributed by atoms with Crippen LogP contribution in [0.2, 0.25) is 0 Å². The largest absolute Gasteiger partial charge is 0.341 e. The van der Waals surface area contributed by atoms with Gasteiger partial charge in [0.2, 0.25) is 5.91 Å². The van der Waals surface area contributed by atoms with E-state index in [9.17, 15) is 4.79 Å². The van der Waals surface area contributed by atoms with Gasteiger partial charge in [0.05, 0.1) is 5.92 Å². The number of carbonyl (C=O) groups is 1. The first kappa shape index (κ1) is 12.1. The minimum absolute atomic E-state index is 0.0384. The lowest BCUT2D eigenvalue weighted by Crippen LogP contribution is -2.47. The van der Waals surface area contributed by atoms with Crippen molar-refractivity contribution in [3.8, 4) is 0 Å². The topological polar surface area (TPSA) is 46.3 Å². The van der Waals surface area contributed by atoms with Crippen LogP contribution in [0.5, 0.6) is 0 Å². The van der Waals surface area contributed by atoms with Crippen LogP contribution in [0.4, 0.5) is 0 Å². The fourth-order valence-electron chi connectivity index (χ4n) is 2.80. The molecule has 3 nitrogen and oxygen atoms in total. The Bertz CT molecular complexity index is 463. The number of benzene rings is 1. The van der Waals surface area contributed by atoms with Gasteiger partial charge in [-0.15, -0.1) is 11.8 Å². The van der Waals surface area contributed by atoms with E-state index in [1.807, 2.05) is 17.0 Å². The quantitative estimate of drug-likeness (QED) is 0.840. The van der Waals surface area contributed by atoms with Gasteiger partial charge < -0.3 is 10.6 Å². The monoisotopic (exact) mass is 262 g/mol. The van der Waals surface area contributed by atoms with Gasteiger partial charge in [-0.25, -0.2) is 0 Å². The number of amides is 1. The first-order valence-corrected chi connectivity index (χ1v) is 7.50. The molecule has 2 atom stereocenters. The summed E-state index contributed by atoms with van der Waals surface area (Å²) in [4.78, 5) is 15.8. The molecule has 2 aliphatic heterocycles. The number of fused-ring (bicyclic) bond motifs is 1. The Kier molecular flexibility index (Phi) is 3.31. The fourth-order valence-corrected chi connectivity index (χ4v) is 4.02. The van der Waals surface area contributed by atoms with E-state index in [1.165, 1.54) is 10.5 Å². The molecule has 0 aliphatic carbocycles. The minimum Gasteiger partial charge on any atom is -0.341 e. The Balaban J connectivity index is 1.78. The maximum absolute atomic E-state index is 12.6. The van der Waals surface area contributed by atoms with Crippen LogP contribution in [0, 0.1) is 0 Å². The molecule has 0 aromatic heterocycles. The van der Waals surface area contributed by atoms with Crippen LogP contribution in [-0.2, 0) is 4.79 Å². The summed E-state index contributed by atoms with van der Waals surface area (Å²) < 4.78 is 0. The van der Waals surface area contributed by atoms with E-state index >= 15 is 0 Å². The lowest BCUT2D eigenvalue weighted by atomic mass is 9.98. The molecule has 2 N–H and O–H groups in total. The lowest BCUT2D eigenvalue weighted by Gasteiger charge is -2.32. The maximum Gasteiger partial charge on any atom is 0.231 e. The second-order valence-corrected chi connectivity index (χ2v) is 6.15. The van der Waals surface area contributed by atoms with Gasteiger partial charge in [0.15, 0.2) is 0 Å². The van der Waals surface area contributed by atoms with Crippen LogP contribution in [0.1, 0.15) is 24.3 Å². The molecular formula is C14H18N2OS. The van der Waals surface area contributed by atoms with Crippen LogP contribution < -0.4 is 5.73 Å². The standard InChI is InChI=1S/C14H18N2OS/c15-10-4-3-7-16(8-10)14(17)12-9-18-13-6-2-1-5-11(12)13/h1-2,5-6,10,12H,3-4,7-9,15H2. The van der Waals surface area contributed by atoms with Crippen molar-refractivity contribution in [3.63, 3.8) is 0 Å². The molecular weight excluding hydrogens is 244 g/mol. The number of hydrogen-bond donors (Lipinski definition) is 1. The number of piperidine rings is 1. The van der Waals surface area contributed by atoms with Crippen LogP contribution >= 0.6 is 11.8 Å². The van der Waals surface area contributed by atoms with Gasteiger partial charge in [-0.3, -0.25) is 4.79 Å². The predicted octanol–water partition coefficient (Wildman–Crippen LogP) is 1.83. The minimum atomic E-state index is 0.0384. The average molecular weight is 262 g/mol. The molecule has 0 radical (unpaired) electrons. The van der Waals surface area contributed by atoms with E-state index in [2.05, 4.69) is 12.1 Å². The molecule has 2 unspecified atom stereocenters. The number of hydrogen-bond acceptors (Lipinski definition) is 3. The molecule has 18 heavy (non-hydrogen) atoms. The summed E-state index contributed by atoms with van der Waals surface area (Å²) in [7, 11) is 0. The Morgan fingerprint density at radius 1 is 1.39 bits per heavy atom. The molecule has 1 fully saturated rings. The summed E-state index contributed by atoms with van der Waals surface area (Å²) in [6, 6.07) is 8.41. The molecule has 1 aromatic carbocycles. The van der Waals surface area contributed by atoms with Crippen molar-refractivity contribution in [3.05, 3.63) is 29.8 Å². The third-order valence-corrected chi connectivity index (χ3v) is 4.95. The number of nitrogens with zero attached hydrogens (tertiary/aromatic N) is 1. The fraction of sp³-hybridized carbons (Fsp3) is 0.500. The Morgan fingerprint density at radius 3 is 3.06 bits per heavy atom. The molecule has 0 spiro atoms. The third kappa shape index (κ3) is 2.15. The van der Waals surface area contributed by atoms with E-state index in [-0.39, 0.29) is 17.9 Å². The summed E-state index contributed by atoms with van der Waals surface area (Å²) in [5.41, 5.74) is 7.16.